The third-order valence-electron chi connectivity index (χ3n) is 4.61. The van der Waals surface area contributed by atoms with E-state index in [0.29, 0.717) is 6.04 Å². The molecule has 0 aliphatic carbocycles. The Morgan fingerprint density at radius 3 is 2.70 bits per heavy atom. The monoisotopic (exact) mass is 276 g/mol. The molecule has 2 aliphatic rings. The van der Waals surface area contributed by atoms with Gasteiger partial charge in [0.05, 0.1) is 7.11 Å². The van der Waals surface area contributed by atoms with Crippen molar-refractivity contribution in [2.24, 2.45) is 0 Å². The van der Waals surface area contributed by atoms with Crippen LogP contribution in [0.25, 0.3) is 0 Å². The van der Waals surface area contributed by atoms with Crippen molar-refractivity contribution < 1.29 is 9.47 Å². The highest BCUT2D eigenvalue weighted by Crippen LogP contribution is 2.46. The van der Waals surface area contributed by atoms with Crippen LogP contribution in [0.5, 0.6) is 11.5 Å². The Balaban J connectivity index is 1.98. The molecule has 0 bridgehead atoms. The molecule has 0 amide bonds. The molecule has 1 unspecified atom stereocenters. The van der Waals surface area contributed by atoms with Crippen molar-refractivity contribution in [3.05, 3.63) is 23.8 Å². The Morgan fingerprint density at radius 2 is 2.05 bits per heavy atom. The number of hydrogen-bond donors (Lipinski definition) is 1. The standard InChI is InChI=1S/C16H24N2O2/c1-18(2)14-11-16(6-8-17-9-7-16)20-15-5-4-12(19-3)10-13(14)15/h4-5,10,14,17H,6-9,11H2,1-3H3. The Kier molecular flexibility index (Phi) is 3.61. The average molecular weight is 276 g/mol. The zero-order valence-electron chi connectivity index (χ0n) is 12.6. The largest absolute Gasteiger partial charge is 0.497 e. The van der Waals surface area contributed by atoms with E-state index in [1.807, 2.05) is 6.07 Å². The van der Waals surface area contributed by atoms with Crippen molar-refractivity contribution in [2.75, 3.05) is 34.3 Å². The molecule has 1 aromatic rings. The van der Waals surface area contributed by atoms with Crippen molar-refractivity contribution in [3.63, 3.8) is 0 Å². The number of methoxy groups -OCH3 is 1. The van der Waals surface area contributed by atoms with Crippen LogP contribution in [0.15, 0.2) is 18.2 Å². The van der Waals surface area contributed by atoms with Crippen LogP contribution in [0, 0.1) is 0 Å². The summed E-state index contributed by atoms with van der Waals surface area (Å²) in [5.41, 5.74) is 1.25. The van der Waals surface area contributed by atoms with Crippen molar-refractivity contribution in [1.29, 1.82) is 0 Å². The lowest BCUT2D eigenvalue weighted by Crippen LogP contribution is -2.50. The minimum atomic E-state index is 0.00176. The van der Waals surface area contributed by atoms with E-state index in [2.05, 4.69) is 36.4 Å². The molecule has 110 valence electrons. The third-order valence-corrected chi connectivity index (χ3v) is 4.61. The van der Waals surface area contributed by atoms with Gasteiger partial charge in [0, 0.05) is 18.0 Å². The van der Waals surface area contributed by atoms with E-state index >= 15 is 0 Å². The van der Waals surface area contributed by atoms with E-state index in [1.54, 1.807) is 7.11 Å². The van der Waals surface area contributed by atoms with Gasteiger partial charge in [-0.3, -0.25) is 0 Å². The van der Waals surface area contributed by atoms with Crippen LogP contribution in [0.2, 0.25) is 0 Å². The number of benzene rings is 1. The normalized spacial score (nSPS) is 24.3. The van der Waals surface area contributed by atoms with Gasteiger partial charge in [-0.2, -0.15) is 0 Å². The summed E-state index contributed by atoms with van der Waals surface area (Å²) in [5, 5.41) is 3.43. The van der Waals surface area contributed by atoms with E-state index < -0.39 is 0 Å². The first-order valence-electron chi connectivity index (χ1n) is 7.38. The summed E-state index contributed by atoms with van der Waals surface area (Å²) in [4.78, 5) is 2.30. The van der Waals surface area contributed by atoms with E-state index in [-0.39, 0.29) is 5.60 Å². The van der Waals surface area contributed by atoms with Crippen LogP contribution in [0.1, 0.15) is 30.9 Å². The Labute approximate surface area is 121 Å². The number of ether oxygens (including phenoxy) is 2. The van der Waals surface area contributed by atoms with Gasteiger partial charge < -0.3 is 19.7 Å². The van der Waals surface area contributed by atoms with Gasteiger partial charge in [0.2, 0.25) is 0 Å². The number of piperidine rings is 1. The summed E-state index contributed by atoms with van der Waals surface area (Å²) in [5.74, 6) is 1.93. The predicted molar refractivity (Wildman–Crippen MR) is 79.5 cm³/mol. The topological polar surface area (TPSA) is 33.7 Å². The minimum Gasteiger partial charge on any atom is -0.497 e. The van der Waals surface area contributed by atoms with Gasteiger partial charge >= 0.3 is 0 Å². The molecule has 1 aromatic carbocycles. The second-order valence-corrected chi connectivity index (χ2v) is 6.12. The fourth-order valence-electron chi connectivity index (χ4n) is 3.39. The average Bonchev–Trinajstić information content (AvgIpc) is 2.46. The van der Waals surface area contributed by atoms with E-state index in [1.165, 1.54) is 5.56 Å². The lowest BCUT2D eigenvalue weighted by atomic mass is 9.80. The molecule has 0 radical (unpaired) electrons. The molecule has 4 nitrogen and oxygen atoms in total. The van der Waals surface area contributed by atoms with Gasteiger partial charge in [0.1, 0.15) is 17.1 Å². The Bertz CT molecular complexity index is 481. The molecule has 2 heterocycles. The third kappa shape index (κ3) is 2.38. The predicted octanol–water partition coefficient (Wildman–Crippen LogP) is 2.20. The molecule has 3 rings (SSSR count). The van der Waals surface area contributed by atoms with Crippen LogP contribution in [0.4, 0.5) is 0 Å². The molecule has 0 saturated carbocycles. The van der Waals surface area contributed by atoms with Crippen LogP contribution in [-0.2, 0) is 0 Å². The molecule has 20 heavy (non-hydrogen) atoms. The van der Waals surface area contributed by atoms with Gasteiger partial charge in [-0.15, -0.1) is 0 Å². The first kappa shape index (κ1) is 13.7. The number of nitrogens with one attached hydrogen (secondary N) is 1. The number of fused-ring (bicyclic) bond motifs is 1. The number of nitrogens with zero attached hydrogens (tertiary/aromatic N) is 1. The first-order chi connectivity index (χ1) is 9.63. The summed E-state index contributed by atoms with van der Waals surface area (Å²) in [6.07, 6.45) is 3.23. The summed E-state index contributed by atoms with van der Waals surface area (Å²) >= 11 is 0. The summed E-state index contributed by atoms with van der Waals surface area (Å²) < 4.78 is 11.8. The zero-order chi connectivity index (χ0) is 14.2. The number of rotatable bonds is 2. The molecular weight excluding hydrogens is 252 g/mol. The van der Waals surface area contributed by atoms with Crippen molar-refractivity contribution in [3.8, 4) is 11.5 Å². The quantitative estimate of drug-likeness (QED) is 0.898. The molecule has 1 saturated heterocycles. The first-order valence-corrected chi connectivity index (χ1v) is 7.38. The maximum absolute atomic E-state index is 6.42. The molecule has 2 aliphatic heterocycles. The van der Waals surface area contributed by atoms with Crippen LogP contribution in [-0.4, -0.2) is 44.8 Å². The second kappa shape index (κ2) is 5.26. The van der Waals surface area contributed by atoms with E-state index in [9.17, 15) is 0 Å². The van der Waals surface area contributed by atoms with Crippen LogP contribution in [0.3, 0.4) is 0 Å². The highest BCUT2D eigenvalue weighted by Gasteiger charge is 2.42. The fraction of sp³-hybridized carbons (Fsp3) is 0.625. The van der Waals surface area contributed by atoms with Crippen molar-refractivity contribution >= 4 is 0 Å². The molecule has 4 heteroatoms. The van der Waals surface area contributed by atoms with Crippen molar-refractivity contribution in [2.45, 2.75) is 30.9 Å². The highest BCUT2D eigenvalue weighted by molar-refractivity contribution is 5.44. The maximum Gasteiger partial charge on any atom is 0.125 e. The number of hydrogen-bond acceptors (Lipinski definition) is 4. The van der Waals surface area contributed by atoms with Gasteiger partial charge in [-0.05, 0) is 58.2 Å². The van der Waals surface area contributed by atoms with E-state index in [4.69, 9.17) is 9.47 Å². The van der Waals surface area contributed by atoms with Gasteiger partial charge in [0.15, 0.2) is 0 Å². The highest BCUT2D eigenvalue weighted by atomic mass is 16.5. The van der Waals surface area contributed by atoms with Gasteiger partial charge in [0.25, 0.3) is 0 Å². The zero-order valence-corrected chi connectivity index (χ0v) is 12.6. The van der Waals surface area contributed by atoms with Crippen LogP contribution < -0.4 is 14.8 Å². The Hall–Kier alpha value is -1.26. The molecule has 1 atom stereocenters. The fourth-order valence-corrected chi connectivity index (χ4v) is 3.39. The summed E-state index contributed by atoms with van der Waals surface area (Å²) in [6.45, 7) is 2.09. The maximum atomic E-state index is 6.42. The Morgan fingerprint density at radius 1 is 1.30 bits per heavy atom. The molecule has 1 spiro atoms. The second-order valence-electron chi connectivity index (χ2n) is 6.12. The molecule has 1 fully saturated rings. The lowest BCUT2D eigenvalue weighted by molar-refractivity contribution is -0.0119. The van der Waals surface area contributed by atoms with E-state index in [0.717, 1.165) is 43.9 Å². The minimum absolute atomic E-state index is 0.00176. The summed E-state index contributed by atoms with van der Waals surface area (Å²) in [7, 11) is 6.01. The van der Waals surface area contributed by atoms with Crippen molar-refractivity contribution in [1.82, 2.24) is 10.2 Å². The SMILES string of the molecule is COc1ccc2c(c1)C(N(C)C)CC1(CCNCC1)O2. The molecular formula is C16H24N2O2. The molecule has 0 aromatic heterocycles. The lowest BCUT2D eigenvalue weighted by Gasteiger charge is -2.46. The smallest absolute Gasteiger partial charge is 0.125 e. The molecule has 1 N–H and O–H groups in total. The van der Waals surface area contributed by atoms with Crippen LogP contribution >= 0.6 is 0 Å². The summed E-state index contributed by atoms with van der Waals surface area (Å²) in [6, 6.07) is 6.57. The van der Waals surface area contributed by atoms with Gasteiger partial charge in [-0.1, -0.05) is 0 Å². The van der Waals surface area contributed by atoms with Gasteiger partial charge in [-0.25, -0.2) is 0 Å².